The number of rotatable bonds is 0. The molecule has 57 valence electrons. The minimum atomic E-state index is 0.911. The fraction of sp³-hybridized carbons (Fsp3) is 0.889. The van der Waals surface area contributed by atoms with Crippen molar-refractivity contribution in [1.29, 1.82) is 0 Å². The number of hydrogen-bond acceptors (Lipinski definition) is 1. The van der Waals surface area contributed by atoms with Crippen LogP contribution in [0.15, 0.2) is 0 Å². The average molecular weight is 138 g/mol. The van der Waals surface area contributed by atoms with Gasteiger partial charge in [0.05, 0.1) is 0 Å². The third kappa shape index (κ3) is 0.968. The van der Waals surface area contributed by atoms with Crippen molar-refractivity contribution in [3.8, 4) is 0 Å². The van der Waals surface area contributed by atoms with Crippen LogP contribution in [0.25, 0.3) is 0 Å². The van der Waals surface area contributed by atoms with Crippen LogP contribution in [0.4, 0.5) is 0 Å². The molecule has 1 nitrogen and oxygen atoms in total. The van der Waals surface area contributed by atoms with Gasteiger partial charge < -0.3 is 4.90 Å². The summed E-state index contributed by atoms with van der Waals surface area (Å²) in [5.74, 6) is 0.955. The van der Waals surface area contributed by atoms with E-state index in [9.17, 15) is 0 Å². The molecule has 2 atom stereocenters. The van der Waals surface area contributed by atoms with Crippen LogP contribution in [0.3, 0.4) is 0 Å². The lowest BCUT2D eigenvalue weighted by Crippen LogP contribution is -2.36. The Bertz CT molecular complexity index is 120. The van der Waals surface area contributed by atoms with E-state index in [4.69, 9.17) is 0 Å². The highest BCUT2D eigenvalue weighted by atomic mass is 15.2. The van der Waals surface area contributed by atoms with Gasteiger partial charge in [0.2, 0.25) is 0 Å². The molecule has 0 aromatic carbocycles. The molecule has 0 aliphatic carbocycles. The normalized spacial score (nSPS) is 41.7. The minimum absolute atomic E-state index is 0.911. The maximum absolute atomic E-state index is 2.66. The van der Waals surface area contributed by atoms with Crippen LogP contribution in [0.5, 0.6) is 0 Å². The van der Waals surface area contributed by atoms with Crippen LogP contribution in [0, 0.1) is 12.3 Å². The van der Waals surface area contributed by atoms with Crippen molar-refractivity contribution >= 4 is 0 Å². The molecule has 2 aliphatic rings. The highest BCUT2D eigenvalue weighted by Crippen LogP contribution is 2.30. The Morgan fingerprint density at radius 1 is 1.40 bits per heavy atom. The molecule has 0 N–H and O–H groups in total. The second kappa shape index (κ2) is 2.54. The van der Waals surface area contributed by atoms with E-state index in [-0.39, 0.29) is 0 Å². The van der Waals surface area contributed by atoms with E-state index in [0.717, 1.165) is 12.0 Å². The summed E-state index contributed by atoms with van der Waals surface area (Å²) in [6, 6.07) is 0.911. The number of piperidine rings is 1. The zero-order chi connectivity index (χ0) is 6.97. The Balaban J connectivity index is 2.01. The van der Waals surface area contributed by atoms with E-state index in [1.165, 1.54) is 32.4 Å². The summed E-state index contributed by atoms with van der Waals surface area (Å²) in [4.78, 5) is 2.66. The molecule has 10 heavy (non-hydrogen) atoms. The SMILES string of the molecule is CC1CCN2CC[CH]CC12. The molecule has 0 saturated carbocycles. The lowest BCUT2D eigenvalue weighted by molar-refractivity contribution is 0.203. The van der Waals surface area contributed by atoms with E-state index in [1.807, 2.05) is 0 Å². The van der Waals surface area contributed by atoms with Crippen LogP contribution in [0.2, 0.25) is 0 Å². The van der Waals surface area contributed by atoms with Gasteiger partial charge in [-0.2, -0.15) is 0 Å². The van der Waals surface area contributed by atoms with Crippen molar-refractivity contribution in [1.82, 2.24) is 4.90 Å². The first kappa shape index (κ1) is 6.66. The van der Waals surface area contributed by atoms with Gasteiger partial charge in [0, 0.05) is 6.04 Å². The van der Waals surface area contributed by atoms with Crippen LogP contribution in [0.1, 0.15) is 26.2 Å². The fourth-order valence-electron chi connectivity index (χ4n) is 2.29. The molecule has 2 fully saturated rings. The van der Waals surface area contributed by atoms with Gasteiger partial charge >= 0.3 is 0 Å². The summed E-state index contributed by atoms with van der Waals surface area (Å²) in [6.07, 6.45) is 6.56. The lowest BCUT2D eigenvalue weighted by Gasteiger charge is -2.30. The Hall–Kier alpha value is -0.0400. The van der Waals surface area contributed by atoms with Crippen molar-refractivity contribution < 1.29 is 0 Å². The van der Waals surface area contributed by atoms with Gasteiger partial charge in [0.1, 0.15) is 0 Å². The quantitative estimate of drug-likeness (QED) is 0.492. The molecule has 0 aromatic rings. The molecule has 2 saturated heterocycles. The molecule has 1 heteroatoms. The summed E-state index contributed by atoms with van der Waals surface area (Å²) in [5, 5.41) is 0. The smallest absolute Gasteiger partial charge is 0.0124 e. The van der Waals surface area contributed by atoms with Crippen LogP contribution in [-0.4, -0.2) is 24.0 Å². The van der Waals surface area contributed by atoms with E-state index < -0.39 is 0 Å². The lowest BCUT2D eigenvalue weighted by atomic mass is 9.95. The predicted molar refractivity (Wildman–Crippen MR) is 42.7 cm³/mol. The zero-order valence-electron chi connectivity index (χ0n) is 6.71. The molecule has 2 rings (SSSR count). The monoisotopic (exact) mass is 138 g/mol. The van der Waals surface area contributed by atoms with Gasteiger partial charge in [0.15, 0.2) is 0 Å². The molecule has 2 heterocycles. The fourth-order valence-corrected chi connectivity index (χ4v) is 2.29. The third-order valence-corrected chi connectivity index (χ3v) is 3.03. The Kier molecular flexibility index (Phi) is 1.69. The summed E-state index contributed by atoms with van der Waals surface area (Å²) >= 11 is 0. The molecule has 0 amide bonds. The minimum Gasteiger partial charge on any atom is -0.300 e. The molecule has 0 aromatic heterocycles. The topological polar surface area (TPSA) is 3.24 Å². The Morgan fingerprint density at radius 2 is 2.30 bits per heavy atom. The van der Waals surface area contributed by atoms with Gasteiger partial charge in [0.25, 0.3) is 0 Å². The van der Waals surface area contributed by atoms with Gasteiger partial charge in [-0.3, -0.25) is 0 Å². The molecule has 1 radical (unpaired) electrons. The second-order valence-corrected chi connectivity index (χ2v) is 3.68. The number of nitrogens with zero attached hydrogens (tertiary/aromatic N) is 1. The van der Waals surface area contributed by atoms with Gasteiger partial charge in [-0.05, 0) is 44.7 Å². The van der Waals surface area contributed by atoms with E-state index in [1.54, 1.807) is 0 Å². The Morgan fingerprint density at radius 3 is 3.10 bits per heavy atom. The largest absolute Gasteiger partial charge is 0.300 e. The molecule has 0 bridgehead atoms. The number of hydrogen-bond donors (Lipinski definition) is 0. The average Bonchev–Trinajstić information content (AvgIpc) is 2.34. The van der Waals surface area contributed by atoms with Gasteiger partial charge in [-0.1, -0.05) is 6.92 Å². The first-order valence-corrected chi connectivity index (χ1v) is 4.43. The molecule has 2 aliphatic heterocycles. The van der Waals surface area contributed by atoms with Gasteiger partial charge in [-0.25, -0.2) is 0 Å². The maximum atomic E-state index is 2.66. The predicted octanol–water partition coefficient (Wildman–Crippen LogP) is 1.69. The van der Waals surface area contributed by atoms with Crippen LogP contribution < -0.4 is 0 Å². The van der Waals surface area contributed by atoms with Crippen molar-refractivity contribution in [3.05, 3.63) is 6.42 Å². The maximum Gasteiger partial charge on any atom is 0.0124 e. The summed E-state index contributed by atoms with van der Waals surface area (Å²) < 4.78 is 0. The van der Waals surface area contributed by atoms with Crippen molar-refractivity contribution in [2.75, 3.05) is 13.1 Å². The second-order valence-electron chi connectivity index (χ2n) is 3.68. The highest BCUT2D eigenvalue weighted by Gasteiger charge is 2.32. The Labute approximate surface area is 63.4 Å². The van der Waals surface area contributed by atoms with Crippen LogP contribution in [-0.2, 0) is 0 Å². The van der Waals surface area contributed by atoms with Crippen molar-refractivity contribution in [3.63, 3.8) is 0 Å². The standard InChI is InChI=1S/C9H16N/c1-8-5-7-10-6-3-2-4-9(8)10/h2,8-9H,3-7H2,1H3. The molecular formula is C9H16N. The first-order chi connectivity index (χ1) is 4.88. The number of fused-ring (bicyclic) bond motifs is 1. The zero-order valence-corrected chi connectivity index (χ0v) is 6.71. The van der Waals surface area contributed by atoms with Gasteiger partial charge in [-0.15, -0.1) is 0 Å². The summed E-state index contributed by atoms with van der Waals surface area (Å²) in [6.45, 7) is 5.08. The summed E-state index contributed by atoms with van der Waals surface area (Å²) in [7, 11) is 0. The highest BCUT2D eigenvalue weighted by molar-refractivity contribution is 4.92. The first-order valence-electron chi connectivity index (χ1n) is 4.43. The van der Waals surface area contributed by atoms with Crippen LogP contribution >= 0.6 is 0 Å². The van der Waals surface area contributed by atoms with Crippen molar-refractivity contribution in [2.24, 2.45) is 5.92 Å². The van der Waals surface area contributed by atoms with E-state index in [2.05, 4.69) is 18.2 Å². The van der Waals surface area contributed by atoms with Crippen molar-refractivity contribution in [2.45, 2.75) is 32.2 Å². The molecule has 0 spiro atoms. The van der Waals surface area contributed by atoms with E-state index in [0.29, 0.717) is 0 Å². The molecular weight excluding hydrogens is 122 g/mol. The third-order valence-electron chi connectivity index (χ3n) is 3.03. The summed E-state index contributed by atoms with van der Waals surface area (Å²) in [5.41, 5.74) is 0. The molecule has 2 unspecified atom stereocenters. The van der Waals surface area contributed by atoms with E-state index >= 15 is 0 Å².